The molecule has 148 valence electrons. The lowest BCUT2D eigenvalue weighted by Gasteiger charge is -2.31. The van der Waals surface area contributed by atoms with Crippen molar-refractivity contribution in [1.29, 1.82) is 0 Å². The Hall–Kier alpha value is -3.42. The Morgan fingerprint density at radius 2 is 1.14 bits per heavy atom. The molecule has 2 aromatic rings. The minimum absolute atomic E-state index is 0.0928. The van der Waals surface area contributed by atoms with E-state index < -0.39 is 0 Å². The molecule has 2 N–H and O–H groups in total. The zero-order chi connectivity index (χ0) is 19.9. The molecule has 1 fully saturated rings. The lowest BCUT2D eigenvalue weighted by Crippen LogP contribution is -2.41. The minimum atomic E-state index is 0.0928. The Kier molecular flexibility index (Phi) is 6.21. The van der Waals surface area contributed by atoms with E-state index in [9.17, 15) is 10.2 Å². The summed E-state index contributed by atoms with van der Waals surface area (Å²) in [6.07, 6.45) is 3.44. The maximum atomic E-state index is 9.82. The van der Waals surface area contributed by atoms with E-state index in [2.05, 4.69) is 10.2 Å². The molecule has 2 aromatic carbocycles. The van der Waals surface area contributed by atoms with Gasteiger partial charge in [0.15, 0.2) is 23.0 Å². The highest BCUT2D eigenvalue weighted by atomic mass is 16.5. The fourth-order valence-corrected chi connectivity index (χ4v) is 2.79. The molecule has 0 amide bonds. The lowest BCUT2D eigenvalue weighted by molar-refractivity contribution is 0.141. The van der Waals surface area contributed by atoms with Crippen LogP contribution >= 0.6 is 0 Å². The van der Waals surface area contributed by atoms with Gasteiger partial charge < -0.3 is 19.7 Å². The summed E-state index contributed by atoms with van der Waals surface area (Å²) in [6.45, 7) is 2.96. The van der Waals surface area contributed by atoms with Crippen molar-refractivity contribution >= 4 is 12.4 Å². The number of phenols is 2. The van der Waals surface area contributed by atoms with Crippen LogP contribution in [0.1, 0.15) is 11.1 Å². The van der Waals surface area contributed by atoms with Crippen LogP contribution in [0.25, 0.3) is 0 Å². The molecule has 0 bridgehead atoms. The number of hydrogen-bond donors (Lipinski definition) is 2. The van der Waals surface area contributed by atoms with Crippen LogP contribution in [0.3, 0.4) is 0 Å². The number of rotatable bonds is 6. The van der Waals surface area contributed by atoms with Gasteiger partial charge in [0.1, 0.15) is 0 Å². The molecular formula is C20H24N4O4. The smallest absolute Gasteiger partial charge is 0.160 e. The van der Waals surface area contributed by atoms with Gasteiger partial charge in [-0.15, -0.1) is 0 Å². The second-order valence-electron chi connectivity index (χ2n) is 6.26. The van der Waals surface area contributed by atoms with Gasteiger partial charge in [-0.25, -0.2) is 0 Å². The van der Waals surface area contributed by atoms with Crippen LogP contribution in [0.15, 0.2) is 46.6 Å². The summed E-state index contributed by atoms with van der Waals surface area (Å²) in [5.74, 6) is 1.06. The Labute approximate surface area is 163 Å². The van der Waals surface area contributed by atoms with Gasteiger partial charge in [0.05, 0.1) is 52.8 Å². The lowest BCUT2D eigenvalue weighted by atomic mass is 10.2. The van der Waals surface area contributed by atoms with Crippen LogP contribution in [-0.2, 0) is 0 Å². The quantitative estimate of drug-likeness (QED) is 0.742. The van der Waals surface area contributed by atoms with Crippen molar-refractivity contribution in [1.82, 2.24) is 10.0 Å². The molecule has 1 aliphatic heterocycles. The zero-order valence-electron chi connectivity index (χ0n) is 15.9. The van der Waals surface area contributed by atoms with Crippen molar-refractivity contribution in [2.45, 2.75) is 0 Å². The molecule has 0 radical (unpaired) electrons. The van der Waals surface area contributed by atoms with E-state index in [-0.39, 0.29) is 11.5 Å². The van der Waals surface area contributed by atoms with Crippen LogP contribution in [-0.4, -0.2) is 73.1 Å². The van der Waals surface area contributed by atoms with E-state index in [1.54, 1.807) is 36.7 Å². The number of phenolic OH excluding ortho intramolecular Hbond substituents is 2. The number of methoxy groups -OCH3 is 2. The Morgan fingerprint density at radius 3 is 1.46 bits per heavy atom. The van der Waals surface area contributed by atoms with E-state index in [1.165, 1.54) is 14.2 Å². The summed E-state index contributed by atoms with van der Waals surface area (Å²) in [5.41, 5.74) is 1.61. The van der Waals surface area contributed by atoms with Crippen LogP contribution in [0, 0.1) is 0 Å². The average Bonchev–Trinajstić information content (AvgIpc) is 2.71. The van der Waals surface area contributed by atoms with Gasteiger partial charge in [-0.05, 0) is 47.5 Å². The van der Waals surface area contributed by atoms with E-state index in [0.717, 1.165) is 37.3 Å². The highest BCUT2D eigenvalue weighted by Crippen LogP contribution is 2.26. The van der Waals surface area contributed by atoms with E-state index >= 15 is 0 Å². The Bertz CT molecular complexity index is 790. The first-order valence-corrected chi connectivity index (χ1v) is 8.91. The van der Waals surface area contributed by atoms with Crippen molar-refractivity contribution in [3.63, 3.8) is 0 Å². The summed E-state index contributed by atoms with van der Waals surface area (Å²) in [7, 11) is 3.03. The molecule has 0 saturated carbocycles. The molecule has 1 saturated heterocycles. The Balaban J connectivity index is 1.51. The predicted molar refractivity (Wildman–Crippen MR) is 108 cm³/mol. The van der Waals surface area contributed by atoms with Crippen molar-refractivity contribution in [3.8, 4) is 23.0 Å². The summed E-state index contributed by atoms with van der Waals surface area (Å²) >= 11 is 0. The highest BCUT2D eigenvalue weighted by molar-refractivity contribution is 5.81. The normalized spacial score (nSPS) is 14.8. The SMILES string of the molecule is COc1ccc(/C=N/N2CCN(/N=C/c3ccc(OC)c(O)c3)CC2)cc1O. The fraction of sp³-hybridized carbons (Fsp3) is 0.300. The number of benzene rings is 2. The third kappa shape index (κ3) is 4.85. The topological polar surface area (TPSA) is 90.1 Å². The molecule has 0 aromatic heterocycles. The third-order valence-corrected chi connectivity index (χ3v) is 4.38. The number of aromatic hydroxyl groups is 2. The second-order valence-corrected chi connectivity index (χ2v) is 6.26. The highest BCUT2D eigenvalue weighted by Gasteiger charge is 2.13. The molecule has 8 nitrogen and oxygen atoms in total. The van der Waals surface area contributed by atoms with Crippen LogP contribution in [0.2, 0.25) is 0 Å². The molecule has 3 rings (SSSR count). The average molecular weight is 384 g/mol. The van der Waals surface area contributed by atoms with Gasteiger partial charge in [0.2, 0.25) is 0 Å². The maximum absolute atomic E-state index is 9.82. The van der Waals surface area contributed by atoms with Crippen molar-refractivity contribution in [3.05, 3.63) is 47.5 Å². The van der Waals surface area contributed by atoms with Crippen LogP contribution < -0.4 is 9.47 Å². The molecule has 0 aliphatic carbocycles. The summed E-state index contributed by atoms with van der Waals surface area (Å²) in [6, 6.07) is 10.3. The van der Waals surface area contributed by atoms with Gasteiger partial charge in [0.25, 0.3) is 0 Å². The van der Waals surface area contributed by atoms with Gasteiger partial charge in [-0.1, -0.05) is 0 Å². The third-order valence-electron chi connectivity index (χ3n) is 4.38. The second kappa shape index (κ2) is 8.98. The maximum Gasteiger partial charge on any atom is 0.160 e. The monoisotopic (exact) mass is 384 g/mol. The number of ether oxygens (including phenoxy) is 2. The van der Waals surface area contributed by atoms with E-state index in [1.807, 2.05) is 22.2 Å². The van der Waals surface area contributed by atoms with E-state index in [0.29, 0.717) is 11.5 Å². The molecule has 1 heterocycles. The summed E-state index contributed by atoms with van der Waals surface area (Å²) < 4.78 is 10.1. The Morgan fingerprint density at radius 1 is 0.750 bits per heavy atom. The summed E-state index contributed by atoms with van der Waals surface area (Å²) in [5, 5.41) is 32.5. The molecule has 0 unspecified atom stereocenters. The first-order valence-electron chi connectivity index (χ1n) is 8.91. The molecule has 0 spiro atoms. The van der Waals surface area contributed by atoms with Crippen LogP contribution in [0.4, 0.5) is 0 Å². The van der Waals surface area contributed by atoms with Crippen molar-refractivity contribution < 1.29 is 19.7 Å². The first-order chi connectivity index (χ1) is 13.6. The van der Waals surface area contributed by atoms with Crippen molar-refractivity contribution in [2.24, 2.45) is 10.2 Å². The molecule has 0 atom stereocenters. The number of hydrogen-bond acceptors (Lipinski definition) is 8. The first kappa shape index (κ1) is 19.3. The largest absolute Gasteiger partial charge is 0.504 e. The number of piperazine rings is 1. The predicted octanol–water partition coefficient (Wildman–Crippen LogP) is 2.10. The van der Waals surface area contributed by atoms with Crippen molar-refractivity contribution in [2.75, 3.05) is 40.4 Å². The van der Waals surface area contributed by atoms with Gasteiger partial charge in [-0.2, -0.15) is 10.2 Å². The van der Waals surface area contributed by atoms with Gasteiger partial charge >= 0.3 is 0 Å². The molecular weight excluding hydrogens is 360 g/mol. The zero-order valence-corrected chi connectivity index (χ0v) is 15.9. The fourth-order valence-electron chi connectivity index (χ4n) is 2.79. The molecule has 1 aliphatic rings. The van der Waals surface area contributed by atoms with Gasteiger partial charge in [0, 0.05) is 0 Å². The molecule has 8 heteroatoms. The summed E-state index contributed by atoms with van der Waals surface area (Å²) in [4.78, 5) is 0. The number of nitrogens with zero attached hydrogens (tertiary/aromatic N) is 4. The number of hydrazone groups is 2. The standard InChI is InChI=1S/C20H24N4O4/c1-27-19-5-3-15(11-17(19)25)13-21-23-7-9-24(10-8-23)22-14-16-4-6-20(28-2)18(26)12-16/h3-6,11-14,25-26H,7-10H2,1-2H3/b21-13+,22-14+. The van der Waals surface area contributed by atoms with Crippen LogP contribution in [0.5, 0.6) is 23.0 Å². The minimum Gasteiger partial charge on any atom is -0.504 e. The molecule has 28 heavy (non-hydrogen) atoms. The van der Waals surface area contributed by atoms with E-state index in [4.69, 9.17) is 9.47 Å². The van der Waals surface area contributed by atoms with Gasteiger partial charge in [-0.3, -0.25) is 10.0 Å².